The summed E-state index contributed by atoms with van der Waals surface area (Å²) in [5.74, 6) is -0.552. The molecule has 0 bridgehead atoms. The SMILES string of the molecule is CCc1ccc(NC(=O)[C@H](NS(=O)(=O)c2cccs2)C(C)C)cc1. The van der Waals surface area contributed by atoms with Crippen LogP contribution in [0.2, 0.25) is 0 Å². The van der Waals surface area contributed by atoms with E-state index in [0.717, 1.165) is 17.8 Å². The smallest absolute Gasteiger partial charge is 0.250 e. The average Bonchev–Trinajstić information content (AvgIpc) is 3.08. The molecule has 24 heavy (non-hydrogen) atoms. The van der Waals surface area contributed by atoms with Crippen LogP contribution >= 0.6 is 11.3 Å². The van der Waals surface area contributed by atoms with Crippen molar-refractivity contribution >= 4 is 33.0 Å². The van der Waals surface area contributed by atoms with Gasteiger partial charge in [0, 0.05) is 5.69 Å². The first-order valence-electron chi connectivity index (χ1n) is 7.79. The Morgan fingerprint density at radius 2 is 1.83 bits per heavy atom. The molecule has 1 amide bonds. The maximum Gasteiger partial charge on any atom is 0.250 e. The summed E-state index contributed by atoms with van der Waals surface area (Å²) in [4.78, 5) is 12.5. The van der Waals surface area contributed by atoms with Crippen LogP contribution in [0.25, 0.3) is 0 Å². The highest BCUT2D eigenvalue weighted by Gasteiger charge is 2.28. The molecule has 0 spiro atoms. The number of rotatable bonds is 7. The lowest BCUT2D eigenvalue weighted by Crippen LogP contribution is -2.46. The number of sulfonamides is 1. The number of hydrogen-bond donors (Lipinski definition) is 2. The Morgan fingerprint density at radius 3 is 2.33 bits per heavy atom. The van der Waals surface area contributed by atoms with Gasteiger partial charge in [0.05, 0.1) is 0 Å². The molecule has 130 valence electrons. The average molecular weight is 367 g/mol. The van der Waals surface area contributed by atoms with Crippen LogP contribution in [-0.2, 0) is 21.2 Å². The van der Waals surface area contributed by atoms with E-state index in [1.54, 1.807) is 25.3 Å². The summed E-state index contributed by atoms with van der Waals surface area (Å²) < 4.78 is 27.4. The summed E-state index contributed by atoms with van der Waals surface area (Å²) >= 11 is 1.12. The van der Waals surface area contributed by atoms with E-state index in [1.165, 1.54) is 11.6 Å². The van der Waals surface area contributed by atoms with Crippen molar-refractivity contribution in [2.45, 2.75) is 37.4 Å². The second-order valence-corrected chi connectivity index (χ2v) is 8.70. The Labute approximate surface area is 147 Å². The Morgan fingerprint density at radius 1 is 1.17 bits per heavy atom. The van der Waals surface area contributed by atoms with Gasteiger partial charge in [-0.15, -0.1) is 11.3 Å². The fourth-order valence-electron chi connectivity index (χ4n) is 2.18. The van der Waals surface area contributed by atoms with Gasteiger partial charge in [0.25, 0.3) is 10.0 Å². The van der Waals surface area contributed by atoms with E-state index in [1.807, 2.05) is 24.3 Å². The van der Waals surface area contributed by atoms with Crippen molar-refractivity contribution in [1.82, 2.24) is 4.72 Å². The first kappa shape index (κ1) is 18.6. The van der Waals surface area contributed by atoms with E-state index < -0.39 is 16.1 Å². The largest absolute Gasteiger partial charge is 0.325 e. The van der Waals surface area contributed by atoms with Crippen LogP contribution in [0.4, 0.5) is 5.69 Å². The minimum Gasteiger partial charge on any atom is -0.325 e. The number of carbonyl (C=O) groups excluding carboxylic acids is 1. The van der Waals surface area contributed by atoms with Gasteiger partial charge in [-0.2, -0.15) is 4.72 Å². The third-order valence-corrected chi connectivity index (χ3v) is 6.46. The summed E-state index contributed by atoms with van der Waals surface area (Å²) in [5.41, 5.74) is 1.82. The number of aryl methyl sites for hydroxylation is 1. The molecule has 0 saturated heterocycles. The van der Waals surface area contributed by atoms with Gasteiger partial charge >= 0.3 is 0 Å². The minimum absolute atomic E-state index is 0.186. The predicted octanol–water partition coefficient (Wildman–Crippen LogP) is 3.25. The predicted molar refractivity (Wildman–Crippen MR) is 97.7 cm³/mol. The number of benzene rings is 1. The summed E-state index contributed by atoms with van der Waals surface area (Å²) in [6.45, 7) is 5.67. The van der Waals surface area contributed by atoms with E-state index in [2.05, 4.69) is 17.0 Å². The Balaban J connectivity index is 2.13. The van der Waals surface area contributed by atoms with Gasteiger partial charge in [-0.05, 0) is 41.5 Å². The lowest BCUT2D eigenvalue weighted by Gasteiger charge is -2.21. The van der Waals surface area contributed by atoms with Crippen molar-refractivity contribution in [2.75, 3.05) is 5.32 Å². The molecule has 0 fully saturated rings. The fourth-order valence-corrected chi connectivity index (χ4v) is 4.53. The van der Waals surface area contributed by atoms with E-state index in [9.17, 15) is 13.2 Å². The summed E-state index contributed by atoms with van der Waals surface area (Å²) in [6.07, 6.45) is 0.920. The zero-order valence-electron chi connectivity index (χ0n) is 13.9. The number of carbonyl (C=O) groups is 1. The zero-order valence-corrected chi connectivity index (χ0v) is 15.6. The van der Waals surface area contributed by atoms with Crippen molar-refractivity contribution in [3.05, 3.63) is 47.3 Å². The first-order chi connectivity index (χ1) is 11.3. The molecular weight excluding hydrogens is 344 g/mol. The molecule has 1 atom stereocenters. The van der Waals surface area contributed by atoms with Crippen molar-refractivity contribution < 1.29 is 13.2 Å². The number of nitrogens with one attached hydrogen (secondary N) is 2. The second-order valence-electron chi connectivity index (χ2n) is 5.81. The van der Waals surface area contributed by atoms with E-state index >= 15 is 0 Å². The fraction of sp³-hybridized carbons (Fsp3) is 0.353. The van der Waals surface area contributed by atoms with Crippen LogP contribution in [0.15, 0.2) is 46.0 Å². The highest BCUT2D eigenvalue weighted by Crippen LogP contribution is 2.18. The monoisotopic (exact) mass is 366 g/mol. The van der Waals surface area contributed by atoms with Crippen molar-refractivity contribution in [3.63, 3.8) is 0 Å². The standard InChI is InChI=1S/C17H22N2O3S2/c1-4-13-7-9-14(10-8-13)18-17(20)16(12(2)3)19-24(21,22)15-6-5-11-23-15/h5-12,16,19H,4H2,1-3H3,(H,18,20)/t16-/m1/s1. The Kier molecular flexibility index (Phi) is 6.15. The molecule has 0 aliphatic rings. The highest BCUT2D eigenvalue weighted by atomic mass is 32.2. The maximum absolute atomic E-state index is 12.5. The number of amides is 1. The van der Waals surface area contributed by atoms with Crippen LogP contribution in [0.5, 0.6) is 0 Å². The molecule has 1 aromatic heterocycles. The number of thiophene rings is 1. The lowest BCUT2D eigenvalue weighted by molar-refractivity contribution is -0.118. The molecule has 1 aromatic carbocycles. The van der Waals surface area contributed by atoms with Gasteiger partial charge in [-0.25, -0.2) is 8.42 Å². The maximum atomic E-state index is 12.5. The van der Waals surface area contributed by atoms with E-state index in [-0.39, 0.29) is 16.0 Å². The summed E-state index contributed by atoms with van der Waals surface area (Å²) in [5, 5.41) is 4.47. The Bertz CT molecular complexity index is 767. The van der Waals surface area contributed by atoms with Crippen LogP contribution in [0.1, 0.15) is 26.3 Å². The molecular formula is C17H22N2O3S2. The van der Waals surface area contributed by atoms with Gasteiger partial charge in [0.1, 0.15) is 10.3 Å². The first-order valence-corrected chi connectivity index (χ1v) is 10.2. The minimum atomic E-state index is -3.70. The van der Waals surface area contributed by atoms with Crippen molar-refractivity contribution in [1.29, 1.82) is 0 Å². The molecule has 0 aliphatic heterocycles. The van der Waals surface area contributed by atoms with Crippen LogP contribution in [-0.4, -0.2) is 20.4 Å². The molecule has 2 aromatic rings. The van der Waals surface area contributed by atoms with Crippen LogP contribution < -0.4 is 10.0 Å². The molecule has 0 unspecified atom stereocenters. The summed E-state index contributed by atoms with van der Waals surface area (Å²) in [6, 6.07) is 9.86. The number of hydrogen-bond acceptors (Lipinski definition) is 4. The van der Waals surface area contributed by atoms with Gasteiger partial charge in [0.2, 0.25) is 5.91 Å². The van der Waals surface area contributed by atoms with Gasteiger partial charge in [-0.3, -0.25) is 4.79 Å². The van der Waals surface area contributed by atoms with E-state index in [0.29, 0.717) is 5.69 Å². The van der Waals surface area contributed by atoms with Gasteiger partial charge < -0.3 is 5.32 Å². The summed E-state index contributed by atoms with van der Waals surface area (Å²) in [7, 11) is -3.70. The molecule has 2 N–H and O–H groups in total. The molecule has 2 rings (SSSR count). The normalized spacial score (nSPS) is 13.0. The molecule has 0 saturated carbocycles. The number of anilines is 1. The highest BCUT2D eigenvalue weighted by molar-refractivity contribution is 7.91. The van der Waals surface area contributed by atoms with Crippen LogP contribution in [0, 0.1) is 5.92 Å². The molecule has 0 aliphatic carbocycles. The zero-order chi connectivity index (χ0) is 17.7. The molecule has 7 heteroatoms. The molecule has 1 heterocycles. The van der Waals surface area contributed by atoms with Gasteiger partial charge in [0.15, 0.2) is 0 Å². The molecule has 5 nitrogen and oxygen atoms in total. The van der Waals surface area contributed by atoms with Crippen LogP contribution in [0.3, 0.4) is 0 Å². The second kappa shape index (κ2) is 7.92. The van der Waals surface area contributed by atoms with Crippen molar-refractivity contribution in [2.24, 2.45) is 5.92 Å². The third kappa shape index (κ3) is 4.66. The third-order valence-electron chi connectivity index (χ3n) is 3.62. The quantitative estimate of drug-likeness (QED) is 0.790. The Hall–Kier alpha value is -1.70. The topological polar surface area (TPSA) is 75.3 Å². The van der Waals surface area contributed by atoms with E-state index in [4.69, 9.17) is 0 Å². The lowest BCUT2D eigenvalue weighted by atomic mass is 10.0. The van der Waals surface area contributed by atoms with Gasteiger partial charge in [-0.1, -0.05) is 39.0 Å². The molecule has 0 radical (unpaired) electrons. The van der Waals surface area contributed by atoms with Crippen molar-refractivity contribution in [3.8, 4) is 0 Å².